The summed E-state index contributed by atoms with van der Waals surface area (Å²) < 4.78 is 0. The minimum absolute atomic E-state index is 0.212. The van der Waals surface area contributed by atoms with Crippen molar-refractivity contribution in [2.45, 2.75) is 41.0 Å². The fraction of sp³-hybridized carbons (Fsp3) is 0.900. The first-order valence-corrected chi connectivity index (χ1v) is 4.48. The predicted molar refractivity (Wildman–Crippen MR) is 50.0 cm³/mol. The van der Waals surface area contributed by atoms with Crippen molar-refractivity contribution in [1.82, 2.24) is 0 Å². The minimum atomic E-state index is -0.689. The van der Waals surface area contributed by atoms with E-state index in [1.165, 1.54) is 0 Å². The summed E-state index contributed by atoms with van der Waals surface area (Å²) in [4.78, 5) is 10.6. The third-order valence-corrected chi connectivity index (χ3v) is 2.61. The van der Waals surface area contributed by atoms with Crippen LogP contribution in [0.25, 0.3) is 0 Å². The van der Waals surface area contributed by atoms with Gasteiger partial charge in [-0.25, -0.2) is 0 Å². The van der Waals surface area contributed by atoms with Gasteiger partial charge < -0.3 is 5.11 Å². The summed E-state index contributed by atoms with van der Waals surface area (Å²) in [5.41, 5.74) is 0.212. The largest absolute Gasteiger partial charge is 0.481 e. The van der Waals surface area contributed by atoms with Gasteiger partial charge in [0.1, 0.15) is 0 Å². The van der Waals surface area contributed by atoms with Crippen molar-refractivity contribution in [3.63, 3.8) is 0 Å². The van der Waals surface area contributed by atoms with Crippen LogP contribution < -0.4 is 0 Å². The van der Waals surface area contributed by atoms with E-state index in [9.17, 15) is 4.79 Å². The predicted octanol–water partition coefficient (Wildman–Crippen LogP) is 2.78. The normalized spacial score (nSPS) is 17.1. The molecule has 0 aliphatic heterocycles. The molecule has 0 amide bonds. The monoisotopic (exact) mass is 172 g/mol. The summed E-state index contributed by atoms with van der Waals surface area (Å²) in [7, 11) is 0. The van der Waals surface area contributed by atoms with Crippen molar-refractivity contribution in [2.75, 3.05) is 0 Å². The minimum Gasteiger partial charge on any atom is -0.481 e. The van der Waals surface area contributed by atoms with Gasteiger partial charge in [0.25, 0.3) is 0 Å². The van der Waals surface area contributed by atoms with Gasteiger partial charge in [-0.15, -0.1) is 0 Å². The third kappa shape index (κ3) is 3.74. The lowest BCUT2D eigenvalue weighted by molar-refractivity contribution is -0.141. The Morgan fingerprint density at radius 2 is 1.75 bits per heavy atom. The average Bonchev–Trinajstić information content (AvgIpc) is 1.85. The molecule has 0 aliphatic rings. The lowest BCUT2D eigenvalue weighted by atomic mass is 9.77. The molecule has 0 aromatic rings. The molecule has 0 saturated carbocycles. The van der Waals surface area contributed by atoms with Crippen LogP contribution in [0, 0.1) is 17.3 Å². The van der Waals surface area contributed by atoms with Gasteiger partial charge in [0, 0.05) is 0 Å². The van der Waals surface area contributed by atoms with Crippen molar-refractivity contribution in [1.29, 1.82) is 0 Å². The van der Waals surface area contributed by atoms with Gasteiger partial charge in [-0.1, -0.05) is 34.6 Å². The topological polar surface area (TPSA) is 37.3 Å². The molecule has 12 heavy (non-hydrogen) atoms. The number of hydrogen-bond donors (Lipinski definition) is 1. The van der Waals surface area contributed by atoms with Gasteiger partial charge in [-0.2, -0.15) is 0 Å². The zero-order valence-electron chi connectivity index (χ0n) is 8.72. The molecule has 0 aliphatic carbocycles. The highest BCUT2D eigenvalue weighted by Gasteiger charge is 2.24. The number of aliphatic carboxylic acids is 1. The Labute approximate surface area is 75.0 Å². The molecule has 0 fully saturated rings. The number of carboxylic acid groups (broad SMARTS) is 1. The lowest BCUT2D eigenvalue weighted by Gasteiger charge is -2.28. The van der Waals surface area contributed by atoms with Crippen LogP contribution in [0.2, 0.25) is 0 Å². The highest BCUT2D eigenvalue weighted by Crippen LogP contribution is 2.30. The van der Waals surface area contributed by atoms with E-state index in [1.807, 2.05) is 0 Å². The molecule has 2 atom stereocenters. The van der Waals surface area contributed by atoms with Crippen molar-refractivity contribution in [2.24, 2.45) is 17.3 Å². The van der Waals surface area contributed by atoms with Crippen LogP contribution >= 0.6 is 0 Å². The second-order valence-electron chi connectivity index (χ2n) is 4.74. The molecule has 0 aromatic carbocycles. The molecule has 0 aromatic heterocycles. The fourth-order valence-electron chi connectivity index (χ4n) is 0.985. The summed E-state index contributed by atoms with van der Waals surface area (Å²) in [5.74, 6) is -0.464. The Morgan fingerprint density at radius 1 is 1.33 bits per heavy atom. The van der Waals surface area contributed by atoms with E-state index in [2.05, 4.69) is 27.7 Å². The van der Waals surface area contributed by atoms with E-state index in [-0.39, 0.29) is 11.3 Å². The molecule has 72 valence electrons. The Hall–Kier alpha value is -0.530. The SMILES string of the molecule is CC(CC(C)C(C)(C)C)C(=O)O. The molecule has 2 heteroatoms. The lowest BCUT2D eigenvalue weighted by Crippen LogP contribution is -2.22. The van der Waals surface area contributed by atoms with Gasteiger partial charge in [0.15, 0.2) is 0 Å². The molecular weight excluding hydrogens is 152 g/mol. The fourth-order valence-corrected chi connectivity index (χ4v) is 0.985. The van der Waals surface area contributed by atoms with E-state index in [1.54, 1.807) is 6.92 Å². The van der Waals surface area contributed by atoms with Gasteiger partial charge in [-0.05, 0) is 17.8 Å². The Kier molecular flexibility index (Phi) is 3.75. The number of carbonyl (C=O) groups is 1. The first-order valence-electron chi connectivity index (χ1n) is 4.48. The summed E-state index contributed by atoms with van der Waals surface area (Å²) in [6.45, 7) is 10.3. The van der Waals surface area contributed by atoms with E-state index in [4.69, 9.17) is 5.11 Å². The van der Waals surface area contributed by atoms with Crippen molar-refractivity contribution in [3.8, 4) is 0 Å². The highest BCUT2D eigenvalue weighted by atomic mass is 16.4. The summed E-state index contributed by atoms with van der Waals surface area (Å²) >= 11 is 0. The second-order valence-corrected chi connectivity index (χ2v) is 4.74. The quantitative estimate of drug-likeness (QED) is 0.710. The Balaban J connectivity index is 4.01. The Morgan fingerprint density at radius 3 is 2.00 bits per heavy atom. The highest BCUT2D eigenvalue weighted by molar-refractivity contribution is 5.69. The van der Waals surface area contributed by atoms with Gasteiger partial charge in [0.05, 0.1) is 5.92 Å². The molecule has 0 saturated heterocycles. The maximum absolute atomic E-state index is 10.6. The Bertz CT molecular complexity index is 156. The molecule has 2 unspecified atom stereocenters. The molecule has 2 nitrogen and oxygen atoms in total. The maximum Gasteiger partial charge on any atom is 0.306 e. The van der Waals surface area contributed by atoms with Crippen molar-refractivity contribution < 1.29 is 9.90 Å². The van der Waals surface area contributed by atoms with Gasteiger partial charge >= 0.3 is 5.97 Å². The third-order valence-electron chi connectivity index (χ3n) is 2.61. The van der Waals surface area contributed by atoms with Crippen LogP contribution in [0.3, 0.4) is 0 Å². The van der Waals surface area contributed by atoms with Crippen LogP contribution in [0.5, 0.6) is 0 Å². The van der Waals surface area contributed by atoms with Crippen LogP contribution in [-0.2, 0) is 4.79 Å². The first kappa shape index (κ1) is 11.5. The van der Waals surface area contributed by atoms with E-state index in [0.717, 1.165) is 6.42 Å². The maximum atomic E-state index is 10.6. The standard InChI is InChI=1S/C10H20O2/c1-7(9(11)12)6-8(2)10(3,4)5/h7-8H,6H2,1-5H3,(H,11,12). The van der Waals surface area contributed by atoms with Gasteiger partial charge in [-0.3, -0.25) is 4.79 Å². The van der Waals surface area contributed by atoms with Crippen LogP contribution in [0.1, 0.15) is 41.0 Å². The first-order chi connectivity index (χ1) is 5.25. The number of rotatable bonds is 3. The summed E-state index contributed by atoms with van der Waals surface area (Å²) in [6.07, 6.45) is 0.763. The smallest absolute Gasteiger partial charge is 0.306 e. The molecule has 0 heterocycles. The van der Waals surface area contributed by atoms with Crippen LogP contribution in [-0.4, -0.2) is 11.1 Å². The molecular formula is C10H20O2. The zero-order chi connectivity index (χ0) is 9.94. The average molecular weight is 172 g/mol. The van der Waals surface area contributed by atoms with E-state index in [0.29, 0.717) is 5.92 Å². The van der Waals surface area contributed by atoms with E-state index >= 15 is 0 Å². The summed E-state index contributed by atoms with van der Waals surface area (Å²) in [5, 5.41) is 8.70. The second kappa shape index (κ2) is 3.92. The van der Waals surface area contributed by atoms with Gasteiger partial charge in [0.2, 0.25) is 0 Å². The molecule has 0 spiro atoms. The number of hydrogen-bond acceptors (Lipinski definition) is 1. The molecule has 0 bridgehead atoms. The van der Waals surface area contributed by atoms with E-state index < -0.39 is 5.97 Å². The zero-order valence-corrected chi connectivity index (χ0v) is 8.72. The summed E-state index contributed by atoms with van der Waals surface area (Å²) in [6, 6.07) is 0. The molecule has 0 radical (unpaired) electrons. The number of carboxylic acids is 1. The molecule has 1 N–H and O–H groups in total. The molecule has 0 rings (SSSR count). The van der Waals surface area contributed by atoms with Crippen molar-refractivity contribution in [3.05, 3.63) is 0 Å². The van der Waals surface area contributed by atoms with Crippen LogP contribution in [0.4, 0.5) is 0 Å². The van der Waals surface area contributed by atoms with Crippen molar-refractivity contribution >= 4 is 5.97 Å². The van der Waals surface area contributed by atoms with Crippen LogP contribution in [0.15, 0.2) is 0 Å².